The summed E-state index contributed by atoms with van der Waals surface area (Å²) in [6.07, 6.45) is 37.9. The molecule has 0 aromatic rings. The van der Waals surface area contributed by atoms with E-state index < -0.39 is 0 Å². The Kier molecular flexibility index (Phi) is 24.0. The lowest BCUT2D eigenvalue weighted by Gasteiger charge is -2.01. The van der Waals surface area contributed by atoms with E-state index in [9.17, 15) is 0 Å². The molecule has 0 atom stereocenters. The van der Waals surface area contributed by atoms with Crippen LogP contribution >= 0.6 is 0 Å². The molecule has 1 radical (unpaired) electrons. The van der Waals surface area contributed by atoms with E-state index in [0.717, 1.165) is 0 Å². The van der Waals surface area contributed by atoms with E-state index in [0.29, 0.717) is 0 Å². The first-order valence-corrected chi connectivity index (χ1v) is 12.1. The number of hydrogen-bond donors (Lipinski definition) is 0. The molecule has 0 aromatic heterocycles. The Morgan fingerprint density at radius 3 is 1.31 bits per heavy atom. The SMILES string of the molecule is CCCCCCCCCC/C=C/[C]=C\CCCCCCCCCCCC. The molecule has 0 nitrogen and oxygen atoms in total. The summed E-state index contributed by atoms with van der Waals surface area (Å²) in [5.74, 6) is 0. The third kappa shape index (κ3) is 23.5. The Bertz CT molecular complexity index is 286. The van der Waals surface area contributed by atoms with E-state index in [2.05, 4.69) is 38.2 Å². The standard InChI is InChI=1S/C26H49/c1-3-5-7-9-11-13-15-17-19-21-23-25-26-24-22-20-18-16-14-12-10-8-6-4-2/h21,23,26H,3-20,22,24H2,1-2H3/b23-21+,26-25?. The van der Waals surface area contributed by atoms with Crippen molar-refractivity contribution in [3.05, 3.63) is 24.3 Å². The van der Waals surface area contributed by atoms with Crippen LogP contribution in [-0.2, 0) is 0 Å². The summed E-state index contributed by atoms with van der Waals surface area (Å²) in [6.45, 7) is 4.58. The van der Waals surface area contributed by atoms with Crippen LogP contribution in [0.25, 0.3) is 0 Å². The largest absolute Gasteiger partial charge is 0.0839 e. The van der Waals surface area contributed by atoms with Gasteiger partial charge in [0.2, 0.25) is 0 Å². The van der Waals surface area contributed by atoms with Gasteiger partial charge in [0, 0.05) is 0 Å². The summed E-state index contributed by atoms with van der Waals surface area (Å²) in [4.78, 5) is 0. The number of rotatable bonds is 21. The normalized spacial score (nSPS) is 11.9. The Morgan fingerprint density at radius 1 is 0.462 bits per heavy atom. The first kappa shape index (κ1) is 25.5. The van der Waals surface area contributed by atoms with Gasteiger partial charge in [-0.2, -0.15) is 0 Å². The van der Waals surface area contributed by atoms with Crippen LogP contribution in [-0.4, -0.2) is 0 Å². The fraction of sp³-hybridized carbons (Fsp3) is 0.846. The van der Waals surface area contributed by atoms with E-state index in [1.807, 2.05) is 0 Å². The molecule has 0 unspecified atom stereocenters. The highest BCUT2D eigenvalue weighted by atomic mass is 14.0. The number of hydrogen-bond acceptors (Lipinski definition) is 0. The molecule has 0 fully saturated rings. The second-order valence-electron chi connectivity index (χ2n) is 8.01. The summed E-state index contributed by atoms with van der Waals surface area (Å²) in [5.41, 5.74) is 0. The van der Waals surface area contributed by atoms with Crippen LogP contribution < -0.4 is 0 Å². The highest BCUT2D eigenvalue weighted by molar-refractivity contribution is 4.94. The Labute approximate surface area is 166 Å². The Hall–Kier alpha value is -0.520. The third-order valence-electron chi connectivity index (χ3n) is 5.26. The summed E-state index contributed by atoms with van der Waals surface area (Å²) in [7, 11) is 0. The summed E-state index contributed by atoms with van der Waals surface area (Å²) in [6, 6.07) is 0. The van der Waals surface area contributed by atoms with Gasteiger partial charge in [0.05, 0.1) is 0 Å². The van der Waals surface area contributed by atoms with Crippen molar-refractivity contribution in [1.82, 2.24) is 0 Å². The highest BCUT2D eigenvalue weighted by Gasteiger charge is 1.92. The van der Waals surface area contributed by atoms with Crippen molar-refractivity contribution in [2.45, 2.75) is 142 Å². The summed E-state index contributed by atoms with van der Waals surface area (Å²) < 4.78 is 0. The molecule has 0 aliphatic rings. The number of unbranched alkanes of at least 4 members (excludes halogenated alkanes) is 18. The average molecular weight is 362 g/mol. The van der Waals surface area contributed by atoms with Crippen molar-refractivity contribution < 1.29 is 0 Å². The van der Waals surface area contributed by atoms with Crippen LogP contribution in [0, 0.1) is 6.08 Å². The van der Waals surface area contributed by atoms with Gasteiger partial charge >= 0.3 is 0 Å². The zero-order chi connectivity index (χ0) is 19.0. The lowest BCUT2D eigenvalue weighted by Crippen LogP contribution is -1.81. The molecule has 0 amide bonds. The van der Waals surface area contributed by atoms with E-state index >= 15 is 0 Å². The van der Waals surface area contributed by atoms with Gasteiger partial charge < -0.3 is 0 Å². The topological polar surface area (TPSA) is 0 Å². The Morgan fingerprint density at radius 2 is 0.846 bits per heavy atom. The Balaban J connectivity index is 3.14. The van der Waals surface area contributed by atoms with E-state index in [1.54, 1.807) is 0 Å². The predicted molar refractivity (Wildman–Crippen MR) is 121 cm³/mol. The molecule has 0 N–H and O–H groups in total. The van der Waals surface area contributed by atoms with Gasteiger partial charge in [0.25, 0.3) is 0 Å². The fourth-order valence-corrected chi connectivity index (χ4v) is 3.43. The zero-order valence-electron chi connectivity index (χ0n) is 18.4. The molecule has 0 saturated carbocycles. The molecule has 26 heavy (non-hydrogen) atoms. The van der Waals surface area contributed by atoms with Crippen molar-refractivity contribution in [2.24, 2.45) is 0 Å². The lowest BCUT2D eigenvalue weighted by atomic mass is 10.1. The van der Waals surface area contributed by atoms with Gasteiger partial charge in [0.1, 0.15) is 0 Å². The van der Waals surface area contributed by atoms with Gasteiger partial charge in [-0.1, -0.05) is 135 Å². The van der Waals surface area contributed by atoms with Crippen LogP contribution in [0.3, 0.4) is 0 Å². The molecule has 0 aliphatic heterocycles. The molecule has 0 heterocycles. The van der Waals surface area contributed by atoms with Gasteiger partial charge in [-0.05, 0) is 31.8 Å². The van der Waals surface area contributed by atoms with Crippen molar-refractivity contribution in [3.63, 3.8) is 0 Å². The van der Waals surface area contributed by atoms with Crippen molar-refractivity contribution in [2.75, 3.05) is 0 Å². The second-order valence-corrected chi connectivity index (χ2v) is 8.01. The van der Waals surface area contributed by atoms with Crippen molar-refractivity contribution in [3.8, 4) is 0 Å². The predicted octanol–water partition coefficient (Wildman–Crippen LogP) is 9.74. The van der Waals surface area contributed by atoms with Crippen LogP contribution in [0.5, 0.6) is 0 Å². The minimum atomic E-state index is 1.21. The van der Waals surface area contributed by atoms with Gasteiger partial charge in [-0.3, -0.25) is 0 Å². The summed E-state index contributed by atoms with van der Waals surface area (Å²) in [5, 5.41) is 0. The smallest absolute Gasteiger partial charge is 0.0230 e. The maximum atomic E-state index is 3.34. The summed E-state index contributed by atoms with van der Waals surface area (Å²) >= 11 is 0. The van der Waals surface area contributed by atoms with E-state index in [1.165, 1.54) is 128 Å². The highest BCUT2D eigenvalue weighted by Crippen LogP contribution is 2.12. The minimum absolute atomic E-state index is 1.21. The molecule has 0 rings (SSSR count). The van der Waals surface area contributed by atoms with Gasteiger partial charge in [0.15, 0.2) is 0 Å². The molecule has 0 aromatic carbocycles. The first-order valence-electron chi connectivity index (χ1n) is 12.1. The molecular weight excluding hydrogens is 312 g/mol. The third-order valence-corrected chi connectivity index (χ3v) is 5.26. The van der Waals surface area contributed by atoms with E-state index in [4.69, 9.17) is 0 Å². The van der Waals surface area contributed by atoms with Gasteiger partial charge in [-0.25, -0.2) is 0 Å². The average Bonchev–Trinajstić information content (AvgIpc) is 2.66. The first-order chi connectivity index (χ1) is 12.9. The minimum Gasteiger partial charge on any atom is -0.0839 e. The molecule has 0 heteroatoms. The zero-order valence-corrected chi connectivity index (χ0v) is 18.4. The van der Waals surface area contributed by atoms with Crippen LogP contribution in [0.2, 0.25) is 0 Å². The second kappa shape index (κ2) is 24.5. The molecule has 0 aliphatic carbocycles. The van der Waals surface area contributed by atoms with Crippen molar-refractivity contribution >= 4 is 0 Å². The van der Waals surface area contributed by atoms with E-state index in [-0.39, 0.29) is 0 Å². The monoisotopic (exact) mass is 361 g/mol. The number of allylic oxidation sites excluding steroid dienone is 4. The van der Waals surface area contributed by atoms with Crippen molar-refractivity contribution in [1.29, 1.82) is 0 Å². The lowest BCUT2D eigenvalue weighted by molar-refractivity contribution is 0.557. The quantitative estimate of drug-likeness (QED) is 0.141. The van der Waals surface area contributed by atoms with Crippen LogP contribution in [0.4, 0.5) is 0 Å². The molecule has 153 valence electrons. The maximum absolute atomic E-state index is 3.34. The molecular formula is C26H49. The molecule has 0 spiro atoms. The molecule has 0 bridgehead atoms. The van der Waals surface area contributed by atoms with Gasteiger partial charge in [-0.15, -0.1) is 0 Å². The maximum Gasteiger partial charge on any atom is -0.0230 e. The van der Waals surface area contributed by atoms with Crippen LogP contribution in [0.1, 0.15) is 142 Å². The van der Waals surface area contributed by atoms with Crippen LogP contribution in [0.15, 0.2) is 18.2 Å². The molecule has 0 saturated heterocycles. The fourth-order valence-electron chi connectivity index (χ4n) is 3.43.